The first-order valence-electron chi connectivity index (χ1n) is 8.01. The van der Waals surface area contributed by atoms with Crippen molar-refractivity contribution in [3.8, 4) is 11.5 Å². The number of para-hydroxylation sites is 2. The molecule has 0 aliphatic heterocycles. The lowest BCUT2D eigenvalue weighted by atomic mass is 10.2. The van der Waals surface area contributed by atoms with E-state index in [1.165, 1.54) is 19.2 Å². The average molecular weight is 369 g/mol. The maximum Gasteiger partial charge on any atom is 0.291 e. The Balaban J connectivity index is 1.69. The first-order valence-corrected chi connectivity index (χ1v) is 8.01. The molecule has 0 bridgehead atoms. The Labute approximate surface area is 154 Å². The minimum Gasteiger partial charge on any atom is -0.495 e. The zero-order chi connectivity index (χ0) is 19.2. The van der Waals surface area contributed by atoms with Crippen LogP contribution in [0.15, 0.2) is 70.1 Å². The van der Waals surface area contributed by atoms with E-state index in [1.54, 1.807) is 36.4 Å². The molecule has 3 rings (SSSR count). The molecule has 7 heteroatoms. The summed E-state index contributed by atoms with van der Waals surface area (Å²) >= 11 is 0. The van der Waals surface area contributed by atoms with Gasteiger partial charge in [-0.3, -0.25) is 9.59 Å². The summed E-state index contributed by atoms with van der Waals surface area (Å²) in [6, 6.07) is 13.6. The van der Waals surface area contributed by atoms with Crippen molar-refractivity contribution >= 4 is 11.6 Å². The molecule has 1 heterocycles. The number of carbonyl (C=O) groups excluding carboxylic acids is 1. The Hall–Kier alpha value is -3.61. The highest BCUT2D eigenvalue weighted by Crippen LogP contribution is 2.23. The van der Waals surface area contributed by atoms with Crippen molar-refractivity contribution in [2.75, 3.05) is 12.4 Å². The summed E-state index contributed by atoms with van der Waals surface area (Å²) in [5.74, 6) is -0.689. The van der Waals surface area contributed by atoms with Gasteiger partial charge in [-0.05, 0) is 29.8 Å². The second-order valence-corrected chi connectivity index (χ2v) is 5.54. The van der Waals surface area contributed by atoms with Crippen LogP contribution in [0.25, 0.3) is 0 Å². The van der Waals surface area contributed by atoms with Gasteiger partial charge in [-0.2, -0.15) is 0 Å². The van der Waals surface area contributed by atoms with Crippen molar-refractivity contribution in [1.82, 2.24) is 0 Å². The van der Waals surface area contributed by atoms with Crippen LogP contribution in [0, 0.1) is 5.82 Å². The molecule has 138 valence electrons. The lowest BCUT2D eigenvalue weighted by Crippen LogP contribution is -2.16. The van der Waals surface area contributed by atoms with Crippen molar-refractivity contribution in [3.63, 3.8) is 0 Å². The number of methoxy groups -OCH3 is 1. The molecule has 1 amide bonds. The van der Waals surface area contributed by atoms with Gasteiger partial charge in [-0.15, -0.1) is 0 Å². The van der Waals surface area contributed by atoms with Crippen molar-refractivity contribution in [1.29, 1.82) is 0 Å². The maximum absolute atomic E-state index is 12.9. The lowest BCUT2D eigenvalue weighted by molar-refractivity contribution is 0.0993. The minimum absolute atomic E-state index is 0.0480. The van der Waals surface area contributed by atoms with Crippen molar-refractivity contribution < 1.29 is 23.1 Å². The molecular formula is C20H16FNO5. The molecule has 0 saturated heterocycles. The summed E-state index contributed by atoms with van der Waals surface area (Å²) in [5.41, 5.74) is 0.631. The topological polar surface area (TPSA) is 77.8 Å². The van der Waals surface area contributed by atoms with Crippen LogP contribution in [0.2, 0.25) is 0 Å². The van der Waals surface area contributed by atoms with E-state index in [0.717, 1.165) is 12.3 Å². The van der Waals surface area contributed by atoms with Gasteiger partial charge in [-0.25, -0.2) is 4.39 Å². The van der Waals surface area contributed by atoms with E-state index in [9.17, 15) is 14.0 Å². The number of carbonyl (C=O) groups is 1. The van der Waals surface area contributed by atoms with Crippen LogP contribution in [0.3, 0.4) is 0 Å². The zero-order valence-corrected chi connectivity index (χ0v) is 14.4. The number of ether oxygens (including phenoxy) is 2. The third-order valence-corrected chi connectivity index (χ3v) is 3.68. The number of rotatable bonds is 6. The highest BCUT2D eigenvalue weighted by atomic mass is 19.1. The van der Waals surface area contributed by atoms with Gasteiger partial charge in [0, 0.05) is 6.07 Å². The zero-order valence-electron chi connectivity index (χ0n) is 14.4. The summed E-state index contributed by atoms with van der Waals surface area (Å²) in [6.07, 6.45) is 1.07. The average Bonchev–Trinajstić information content (AvgIpc) is 2.68. The Bertz CT molecular complexity index is 998. The fraction of sp³-hybridized carbons (Fsp3) is 0.100. The molecule has 27 heavy (non-hydrogen) atoms. The molecule has 0 fully saturated rings. The number of hydrogen-bond acceptors (Lipinski definition) is 5. The second-order valence-electron chi connectivity index (χ2n) is 5.54. The number of anilines is 1. The molecule has 0 spiro atoms. The molecule has 0 radical (unpaired) electrons. The predicted octanol–water partition coefficient (Wildman–Crippen LogP) is 3.62. The number of hydrogen-bond donors (Lipinski definition) is 1. The molecule has 0 aliphatic rings. The number of halogens is 1. The Morgan fingerprint density at radius 2 is 1.85 bits per heavy atom. The van der Waals surface area contributed by atoms with Gasteiger partial charge in [-0.1, -0.05) is 24.3 Å². The molecule has 0 atom stereocenters. The molecular weight excluding hydrogens is 353 g/mol. The molecule has 0 aliphatic carbocycles. The fourth-order valence-corrected chi connectivity index (χ4v) is 2.30. The highest BCUT2D eigenvalue weighted by molar-refractivity contribution is 6.03. The first-order chi connectivity index (χ1) is 13.1. The van der Waals surface area contributed by atoms with Gasteiger partial charge < -0.3 is 19.2 Å². The summed E-state index contributed by atoms with van der Waals surface area (Å²) < 4.78 is 28.6. The Kier molecular flexibility index (Phi) is 5.51. The fourth-order valence-electron chi connectivity index (χ4n) is 2.30. The molecule has 3 aromatic rings. The van der Waals surface area contributed by atoms with Crippen LogP contribution in [0.4, 0.5) is 10.1 Å². The maximum atomic E-state index is 12.9. The van der Waals surface area contributed by atoms with E-state index < -0.39 is 11.3 Å². The van der Waals surface area contributed by atoms with Crippen LogP contribution in [0.5, 0.6) is 11.5 Å². The Morgan fingerprint density at radius 3 is 2.56 bits per heavy atom. The number of amides is 1. The van der Waals surface area contributed by atoms with E-state index in [4.69, 9.17) is 13.9 Å². The monoisotopic (exact) mass is 369 g/mol. The first kappa shape index (κ1) is 18.2. The van der Waals surface area contributed by atoms with Crippen molar-refractivity contribution in [3.05, 3.63) is 88.2 Å². The molecule has 6 nitrogen and oxygen atoms in total. The van der Waals surface area contributed by atoms with Crippen LogP contribution in [0.1, 0.15) is 16.1 Å². The molecule has 2 aromatic carbocycles. The van der Waals surface area contributed by atoms with Crippen LogP contribution in [-0.4, -0.2) is 13.0 Å². The van der Waals surface area contributed by atoms with Gasteiger partial charge in [0.25, 0.3) is 5.91 Å². The van der Waals surface area contributed by atoms with Crippen LogP contribution >= 0.6 is 0 Å². The smallest absolute Gasteiger partial charge is 0.291 e. The van der Waals surface area contributed by atoms with Crippen molar-refractivity contribution in [2.45, 2.75) is 6.61 Å². The minimum atomic E-state index is -0.596. The quantitative estimate of drug-likeness (QED) is 0.718. The molecule has 1 N–H and O–H groups in total. The van der Waals surface area contributed by atoms with Gasteiger partial charge >= 0.3 is 0 Å². The predicted molar refractivity (Wildman–Crippen MR) is 96.7 cm³/mol. The van der Waals surface area contributed by atoms with Gasteiger partial charge in [0.1, 0.15) is 24.4 Å². The van der Waals surface area contributed by atoms with Gasteiger partial charge in [0.15, 0.2) is 5.76 Å². The molecule has 0 saturated carbocycles. The van der Waals surface area contributed by atoms with Crippen LogP contribution < -0.4 is 20.2 Å². The summed E-state index contributed by atoms with van der Waals surface area (Å²) in [5, 5.41) is 2.61. The largest absolute Gasteiger partial charge is 0.495 e. The normalized spacial score (nSPS) is 10.3. The molecule has 1 aromatic heterocycles. The standard InChI is InChI=1S/C20H16FNO5/c1-25-17-5-3-2-4-15(17)22-20(24)18-10-16(23)19(12-27-18)26-11-13-6-8-14(21)9-7-13/h2-10,12H,11H2,1H3,(H,22,24). The van der Waals surface area contributed by atoms with Gasteiger partial charge in [0.05, 0.1) is 12.8 Å². The highest BCUT2D eigenvalue weighted by Gasteiger charge is 2.14. The SMILES string of the molecule is COc1ccccc1NC(=O)c1cc(=O)c(OCc2ccc(F)cc2)co1. The second kappa shape index (κ2) is 8.18. The summed E-state index contributed by atoms with van der Waals surface area (Å²) in [6.45, 7) is 0.0673. The van der Waals surface area contributed by atoms with Crippen LogP contribution in [-0.2, 0) is 6.61 Å². The van der Waals surface area contributed by atoms with E-state index in [-0.39, 0.29) is 23.9 Å². The number of nitrogens with one attached hydrogen (secondary N) is 1. The lowest BCUT2D eigenvalue weighted by Gasteiger charge is -2.09. The van der Waals surface area contributed by atoms with Gasteiger partial charge in [0.2, 0.25) is 11.2 Å². The number of benzene rings is 2. The third kappa shape index (κ3) is 4.52. The van der Waals surface area contributed by atoms with Crippen molar-refractivity contribution in [2.24, 2.45) is 0 Å². The third-order valence-electron chi connectivity index (χ3n) is 3.68. The van der Waals surface area contributed by atoms with E-state index in [0.29, 0.717) is 17.0 Å². The Morgan fingerprint density at radius 1 is 1.11 bits per heavy atom. The summed E-state index contributed by atoms with van der Waals surface area (Å²) in [4.78, 5) is 24.4. The van der Waals surface area contributed by atoms with E-state index >= 15 is 0 Å². The molecule has 0 unspecified atom stereocenters. The van der Waals surface area contributed by atoms with E-state index in [1.807, 2.05) is 0 Å². The summed E-state index contributed by atoms with van der Waals surface area (Å²) in [7, 11) is 1.48. The van der Waals surface area contributed by atoms with E-state index in [2.05, 4.69) is 5.32 Å².